The molecule has 0 fully saturated rings. The van der Waals surface area contributed by atoms with Crippen molar-refractivity contribution >= 4 is 34.2 Å². The number of rotatable bonds is 6. The van der Waals surface area contributed by atoms with Crippen LogP contribution in [0.2, 0.25) is 0 Å². The van der Waals surface area contributed by atoms with Crippen molar-refractivity contribution in [1.82, 2.24) is 10.3 Å². The van der Waals surface area contributed by atoms with Crippen LogP contribution in [0.3, 0.4) is 0 Å². The molecule has 2 aliphatic rings. The highest BCUT2D eigenvalue weighted by Gasteiger charge is 2.35. The molecule has 4 rings (SSSR count). The summed E-state index contributed by atoms with van der Waals surface area (Å²) in [7, 11) is 0. The van der Waals surface area contributed by atoms with Crippen molar-refractivity contribution < 1.29 is 14.8 Å². The number of carbonyl (C=O) groups excluding carboxylic acids is 1. The van der Waals surface area contributed by atoms with Gasteiger partial charge in [-0.15, -0.1) is 5.10 Å². The van der Waals surface area contributed by atoms with E-state index in [9.17, 15) is 20.0 Å². The van der Waals surface area contributed by atoms with Crippen molar-refractivity contribution in [3.05, 3.63) is 68.7 Å². The van der Waals surface area contributed by atoms with Gasteiger partial charge in [-0.1, -0.05) is 55.8 Å². The third-order valence-electron chi connectivity index (χ3n) is 5.00. The van der Waals surface area contributed by atoms with Crippen LogP contribution in [0.1, 0.15) is 37.9 Å². The Hall–Kier alpha value is -3.40. The minimum Gasteiger partial charge on any atom is -0.502 e. The number of phenols is 1. The van der Waals surface area contributed by atoms with Gasteiger partial charge in [0, 0.05) is 22.6 Å². The van der Waals surface area contributed by atoms with E-state index in [2.05, 4.69) is 17.3 Å². The number of nitrogens with zero attached hydrogens (tertiary/aromatic N) is 4. The van der Waals surface area contributed by atoms with Crippen LogP contribution in [-0.4, -0.2) is 31.9 Å². The molecule has 2 aliphatic heterocycles. The number of benzene rings is 2. The molecule has 0 aromatic heterocycles. The third kappa shape index (κ3) is 4.11. The first-order valence-electron chi connectivity index (χ1n) is 9.96. The Morgan fingerprint density at radius 3 is 2.84 bits per heavy atom. The van der Waals surface area contributed by atoms with Crippen LogP contribution in [0.15, 0.2) is 52.6 Å². The van der Waals surface area contributed by atoms with Gasteiger partial charge in [0.2, 0.25) is 0 Å². The van der Waals surface area contributed by atoms with Crippen LogP contribution in [0, 0.1) is 10.1 Å². The maximum atomic E-state index is 13.0. The lowest BCUT2D eigenvalue weighted by Crippen LogP contribution is -2.50. The summed E-state index contributed by atoms with van der Waals surface area (Å²) in [6, 6.07) is 11.3. The fourth-order valence-corrected chi connectivity index (χ4v) is 4.33. The minimum absolute atomic E-state index is 0.298. The van der Waals surface area contributed by atoms with Crippen LogP contribution >= 0.6 is 11.8 Å². The summed E-state index contributed by atoms with van der Waals surface area (Å²) < 4.78 is 0. The Bertz CT molecular complexity index is 1200. The molecule has 0 bridgehead atoms. The van der Waals surface area contributed by atoms with Crippen LogP contribution in [0.5, 0.6) is 5.75 Å². The van der Waals surface area contributed by atoms with Gasteiger partial charge in [0.15, 0.2) is 17.1 Å². The number of nitrogens with one attached hydrogen (secondary N) is 1. The number of hydrogen-bond acceptors (Lipinski definition) is 8. The number of carbonyl (C=O) groups is 1. The number of nitro benzene ring substituents is 1. The van der Waals surface area contributed by atoms with Gasteiger partial charge in [-0.05, 0) is 18.6 Å². The standard InChI is InChI=1S/C21H21N5O4S/c1-2-3-6-11-31-21-23-20(28)18-14-7-4-5-8-15(14)22-19(25(18)24-21)13-9-10-17(27)16(12-13)26(29)30/h4-5,7-10,12,19,27H,2-3,6,11H2,1H3,(H,23,24,28). The second kappa shape index (κ2) is 8.76. The molecule has 0 radical (unpaired) electrons. The average molecular weight is 439 g/mol. The van der Waals surface area contributed by atoms with Crippen molar-refractivity contribution in [3.63, 3.8) is 0 Å². The molecule has 2 N–H and O–H groups in total. The van der Waals surface area contributed by atoms with Crippen molar-refractivity contribution in [3.8, 4) is 5.75 Å². The Labute approximate surface area is 182 Å². The molecule has 160 valence electrons. The highest BCUT2D eigenvalue weighted by atomic mass is 32.2. The number of thioether (sulfide) groups is 1. The number of hydrazone groups is 1. The molecule has 0 saturated heterocycles. The van der Waals surface area contributed by atoms with E-state index in [0.717, 1.165) is 25.0 Å². The summed E-state index contributed by atoms with van der Waals surface area (Å²) in [5.74, 6) is 0.0917. The normalized spacial score (nSPS) is 17.3. The summed E-state index contributed by atoms with van der Waals surface area (Å²) in [6.45, 7) is 2.12. The first kappa shape index (κ1) is 20.9. The lowest BCUT2D eigenvalue weighted by Gasteiger charge is -2.34. The summed E-state index contributed by atoms with van der Waals surface area (Å²) >= 11 is 1.46. The predicted octanol–water partition coefficient (Wildman–Crippen LogP) is 2.37. The molecule has 31 heavy (non-hydrogen) atoms. The zero-order chi connectivity index (χ0) is 22.0. The lowest BCUT2D eigenvalue weighted by molar-refractivity contribution is -0.386. The van der Waals surface area contributed by atoms with Crippen LogP contribution in [0.4, 0.5) is 5.69 Å². The number of aromatic hydroxyl groups is 1. The molecule has 0 saturated carbocycles. The van der Waals surface area contributed by atoms with Gasteiger partial charge >= 0.3 is 5.69 Å². The molecule has 0 spiro atoms. The van der Waals surface area contributed by atoms with Crippen molar-refractivity contribution in [1.29, 1.82) is 0 Å². The quantitative estimate of drug-likeness (QED) is 0.405. The Kier molecular flexibility index (Phi) is 5.90. The summed E-state index contributed by atoms with van der Waals surface area (Å²) in [4.78, 5) is 28.4. The first-order chi connectivity index (χ1) is 15.0. The summed E-state index contributed by atoms with van der Waals surface area (Å²) in [5.41, 5.74) is 0.363. The number of fused-ring (bicyclic) bond motifs is 2. The Balaban J connectivity index is 1.81. The van der Waals surface area contributed by atoms with Gasteiger partial charge in [-0.25, -0.2) is 5.01 Å². The van der Waals surface area contributed by atoms with E-state index in [1.807, 2.05) is 12.1 Å². The first-order valence-corrected chi connectivity index (χ1v) is 10.9. The lowest BCUT2D eigenvalue weighted by atomic mass is 10.1. The monoisotopic (exact) mass is 439 g/mol. The molecule has 1 amide bonds. The average Bonchev–Trinajstić information content (AvgIpc) is 2.76. The molecule has 0 aliphatic carbocycles. The fraction of sp³-hybridized carbons (Fsp3) is 0.286. The van der Waals surface area contributed by atoms with Crippen molar-refractivity contribution in [2.45, 2.75) is 32.4 Å². The molecular weight excluding hydrogens is 418 g/mol. The second-order valence-electron chi connectivity index (χ2n) is 7.13. The molecule has 9 nitrogen and oxygen atoms in total. The van der Waals surface area contributed by atoms with Crippen molar-refractivity contribution in [2.75, 3.05) is 5.75 Å². The maximum absolute atomic E-state index is 13.0. The molecule has 1 atom stereocenters. The van der Waals surface area contributed by atoms with Gasteiger partial charge in [0.1, 0.15) is 5.70 Å². The third-order valence-corrected chi connectivity index (χ3v) is 5.95. The van der Waals surface area contributed by atoms with E-state index < -0.39 is 22.5 Å². The van der Waals surface area contributed by atoms with E-state index in [1.165, 1.54) is 28.9 Å². The molecule has 2 aromatic carbocycles. The van der Waals surface area contributed by atoms with Crippen LogP contribution in [0.25, 0.3) is 5.70 Å². The highest BCUT2D eigenvalue weighted by molar-refractivity contribution is 8.13. The minimum atomic E-state index is -0.776. The number of hydrogen-bond donors (Lipinski definition) is 2. The van der Waals surface area contributed by atoms with Gasteiger partial charge in [0.25, 0.3) is 5.91 Å². The topological polar surface area (TPSA) is 120 Å². The highest BCUT2D eigenvalue weighted by Crippen LogP contribution is 2.35. The number of unbranched alkanes of at least 4 members (excludes halogenated alkanes) is 2. The van der Waals surface area contributed by atoms with E-state index in [1.54, 1.807) is 18.2 Å². The van der Waals surface area contributed by atoms with E-state index in [0.29, 0.717) is 27.0 Å². The zero-order valence-corrected chi connectivity index (χ0v) is 17.6. The van der Waals surface area contributed by atoms with Crippen LogP contribution in [-0.2, 0) is 4.79 Å². The molecule has 2 heterocycles. The van der Waals surface area contributed by atoms with Gasteiger partial charge in [0.05, 0.1) is 10.3 Å². The number of para-hydroxylation sites is 1. The van der Waals surface area contributed by atoms with E-state index >= 15 is 0 Å². The Morgan fingerprint density at radius 2 is 2.06 bits per heavy atom. The summed E-state index contributed by atoms with van der Waals surface area (Å²) in [5, 5.41) is 31.8. The summed E-state index contributed by atoms with van der Waals surface area (Å²) in [6.07, 6.45) is 2.42. The van der Waals surface area contributed by atoms with Gasteiger partial charge in [-0.3, -0.25) is 25.2 Å². The maximum Gasteiger partial charge on any atom is 0.311 e. The molecule has 1 unspecified atom stereocenters. The Morgan fingerprint density at radius 1 is 1.26 bits per heavy atom. The number of phenolic OH excluding ortho intramolecular Hbond substituents is 1. The van der Waals surface area contributed by atoms with Gasteiger partial charge < -0.3 is 5.11 Å². The molecular formula is C21H21N5O4S. The molecule has 10 heteroatoms. The smallest absolute Gasteiger partial charge is 0.311 e. The second-order valence-corrected chi connectivity index (χ2v) is 8.22. The fourth-order valence-electron chi connectivity index (χ4n) is 3.48. The predicted molar refractivity (Wildman–Crippen MR) is 118 cm³/mol. The van der Waals surface area contributed by atoms with Gasteiger partial charge in [-0.2, -0.15) is 0 Å². The number of amides is 1. The van der Waals surface area contributed by atoms with E-state index in [4.69, 9.17) is 4.99 Å². The zero-order valence-electron chi connectivity index (χ0n) is 16.8. The van der Waals surface area contributed by atoms with Crippen molar-refractivity contribution in [2.24, 2.45) is 10.1 Å². The van der Waals surface area contributed by atoms with E-state index in [-0.39, 0.29) is 5.91 Å². The number of amidine groups is 1. The largest absolute Gasteiger partial charge is 0.502 e. The van der Waals surface area contributed by atoms with Crippen LogP contribution < -0.4 is 15.9 Å². The number of nitro groups is 1. The SMILES string of the molecule is CCCCCSC1=NN2C(=c3ccccc3=NC2c2ccc(O)c([N+](=O)[O-])c2)C(=O)N1. The molecule has 2 aromatic rings.